The van der Waals surface area contributed by atoms with Crippen LogP contribution in [0.3, 0.4) is 0 Å². The van der Waals surface area contributed by atoms with Crippen LogP contribution in [-0.4, -0.2) is 14.2 Å². The Morgan fingerprint density at radius 3 is 2.29 bits per heavy atom. The number of rotatable bonds is 4. The number of hydrogen-bond acceptors (Lipinski definition) is 2. The molecule has 21 heavy (non-hydrogen) atoms. The Morgan fingerprint density at radius 2 is 1.81 bits per heavy atom. The van der Waals surface area contributed by atoms with Gasteiger partial charge in [-0.15, -0.1) is 0 Å². The molecule has 3 heteroatoms. The monoisotopic (exact) mass is 351 g/mol. The summed E-state index contributed by atoms with van der Waals surface area (Å²) in [6.07, 6.45) is 4.61. The second kappa shape index (κ2) is 6.69. The van der Waals surface area contributed by atoms with Crippen molar-refractivity contribution in [3.63, 3.8) is 0 Å². The van der Waals surface area contributed by atoms with E-state index in [1.807, 2.05) is 12.1 Å². The van der Waals surface area contributed by atoms with E-state index in [1.165, 1.54) is 11.1 Å². The molecule has 1 aromatic rings. The fourth-order valence-electron chi connectivity index (χ4n) is 3.14. The predicted molar refractivity (Wildman–Crippen MR) is 91.3 cm³/mol. The molecule has 0 fully saturated rings. The number of allylic oxidation sites excluding steroid dienone is 3. The van der Waals surface area contributed by atoms with E-state index in [9.17, 15) is 0 Å². The molecule has 1 aliphatic carbocycles. The minimum Gasteiger partial charge on any atom is -0.496 e. The van der Waals surface area contributed by atoms with Gasteiger partial charge in [0.2, 0.25) is 0 Å². The summed E-state index contributed by atoms with van der Waals surface area (Å²) in [4.78, 5) is 0. The van der Waals surface area contributed by atoms with Crippen molar-refractivity contribution in [1.82, 2.24) is 0 Å². The van der Waals surface area contributed by atoms with Crippen LogP contribution in [0.5, 0.6) is 11.5 Å². The molecule has 0 heterocycles. The Hall–Kier alpha value is -1.22. The average Bonchev–Trinajstić information content (AvgIpc) is 2.45. The molecular weight excluding hydrogens is 329 g/mol. The van der Waals surface area contributed by atoms with Gasteiger partial charge in [-0.05, 0) is 44.7 Å². The van der Waals surface area contributed by atoms with Gasteiger partial charge in [0.25, 0.3) is 0 Å². The van der Waals surface area contributed by atoms with E-state index in [-0.39, 0.29) is 5.92 Å². The molecule has 2 nitrogen and oxygen atoms in total. The van der Waals surface area contributed by atoms with Crippen molar-refractivity contribution >= 4 is 15.9 Å². The topological polar surface area (TPSA) is 18.5 Å². The summed E-state index contributed by atoms with van der Waals surface area (Å²) in [5, 5.41) is 0. The third-order valence-electron chi connectivity index (χ3n) is 4.22. The largest absolute Gasteiger partial charge is 0.496 e. The maximum atomic E-state index is 5.62. The Balaban J connectivity index is 2.61. The lowest BCUT2D eigenvalue weighted by Gasteiger charge is -2.32. The number of benzene rings is 1. The van der Waals surface area contributed by atoms with Gasteiger partial charge in [0.1, 0.15) is 11.5 Å². The van der Waals surface area contributed by atoms with Crippen LogP contribution in [0.1, 0.15) is 38.2 Å². The van der Waals surface area contributed by atoms with Gasteiger partial charge in [-0.3, -0.25) is 0 Å². The van der Waals surface area contributed by atoms with Gasteiger partial charge in [-0.2, -0.15) is 0 Å². The maximum Gasteiger partial charge on any atom is 0.127 e. The summed E-state index contributed by atoms with van der Waals surface area (Å²) < 4.78 is 12.2. The normalized spacial score (nSPS) is 21.7. The first-order valence-corrected chi connectivity index (χ1v) is 8.01. The fourth-order valence-corrected chi connectivity index (χ4v) is 3.56. The third-order valence-corrected chi connectivity index (χ3v) is 4.68. The van der Waals surface area contributed by atoms with Gasteiger partial charge in [0, 0.05) is 16.0 Å². The van der Waals surface area contributed by atoms with Crippen molar-refractivity contribution in [3.8, 4) is 11.5 Å². The van der Waals surface area contributed by atoms with Gasteiger partial charge in [0.05, 0.1) is 14.2 Å². The van der Waals surface area contributed by atoms with E-state index in [2.05, 4.69) is 42.4 Å². The molecule has 0 saturated heterocycles. The Bertz CT molecular complexity index is 550. The zero-order valence-corrected chi connectivity index (χ0v) is 14.8. The molecule has 2 atom stereocenters. The summed E-state index contributed by atoms with van der Waals surface area (Å²) in [5.41, 5.74) is 3.76. The van der Waals surface area contributed by atoms with E-state index in [1.54, 1.807) is 14.2 Å². The lowest BCUT2D eigenvalue weighted by molar-refractivity contribution is 0.368. The molecule has 0 N–H and O–H groups in total. The second-order valence-electron chi connectivity index (χ2n) is 5.75. The van der Waals surface area contributed by atoms with Crippen molar-refractivity contribution in [2.75, 3.05) is 14.2 Å². The molecule has 0 spiro atoms. The first-order chi connectivity index (χ1) is 9.97. The molecular formula is C18H23BrO2. The van der Waals surface area contributed by atoms with E-state index in [0.29, 0.717) is 5.92 Å². The molecule has 0 radical (unpaired) electrons. The highest BCUT2D eigenvalue weighted by Gasteiger charge is 2.30. The molecule has 1 aromatic carbocycles. The Kier molecular flexibility index (Phi) is 5.15. The molecule has 0 amide bonds. The standard InChI is InChI=1S/C18H23BrO2/c1-11(2)14-7-6-12(3)8-15(14)18-16(20-4)9-13(19)10-17(18)21-5/h8-10,14-15H,1,6-7H2,2-5H3/t14-,15+/m0/s1/i2+1. The summed E-state index contributed by atoms with van der Waals surface area (Å²) in [7, 11) is 3.42. The molecule has 0 aliphatic heterocycles. The van der Waals surface area contributed by atoms with Crippen LogP contribution in [0.25, 0.3) is 0 Å². The lowest BCUT2D eigenvalue weighted by Crippen LogP contribution is -2.18. The second-order valence-corrected chi connectivity index (χ2v) is 6.67. The zero-order chi connectivity index (χ0) is 15.6. The highest BCUT2D eigenvalue weighted by Crippen LogP contribution is 2.47. The van der Waals surface area contributed by atoms with E-state index in [0.717, 1.165) is 34.4 Å². The fraction of sp³-hybridized carbons (Fsp3) is 0.444. The van der Waals surface area contributed by atoms with Crippen molar-refractivity contribution in [1.29, 1.82) is 0 Å². The van der Waals surface area contributed by atoms with Crippen LogP contribution in [0.2, 0.25) is 0 Å². The maximum absolute atomic E-state index is 5.62. The third kappa shape index (κ3) is 3.34. The molecule has 0 unspecified atom stereocenters. The molecule has 114 valence electrons. The quantitative estimate of drug-likeness (QED) is 0.528. The smallest absolute Gasteiger partial charge is 0.127 e. The van der Waals surface area contributed by atoms with E-state index < -0.39 is 0 Å². The first-order valence-electron chi connectivity index (χ1n) is 7.22. The van der Waals surface area contributed by atoms with Crippen molar-refractivity contribution in [3.05, 3.63) is 46.0 Å². The van der Waals surface area contributed by atoms with E-state index in [4.69, 9.17) is 9.47 Å². The molecule has 0 saturated carbocycles. The average molecular weight is 352 g/mol. The van der Waals surface area contributed by atoms with Crippen molar-refractivity contribution in [2.45, 2.75) is 32.6 Å². The zero-order valence-electron chi connectivity index (χ0n) is 13.2. The van der Waals surface area contributed by atoms with Crippen LogP contribution < -0.4 is 9.47 Å². The number of halogens is 1. The van der Waals surface area contributed by atoms with Gasteiger partial charge in [0.15, 0.2) is 0 Å². The Morgan fingerprint density at radius 1 is 1.24 bits per heavy atom. The van der Waals surface area contributed by atoms with Gasteiger partial charge in [-0.25, -0.2) is 0 Å². The van der Waals surface area contributed by atoms with Gasteiger partial charge in [-0.1, -0.05) is 39.7 Å². The van der Waals surface area contributed by atoms with Crippen LogP contribution in [-0.2, 0) is 0 Å². The van der Waals surface area contributed by atoms with Crippen LogP contribution >= 0.6 is 15.9 Å². The molecule has 2 rings (SSSR count). The van der Waals surface area contributed by atoms with Gasteiger partial charge >= 0.3 is 0 Å². The Labute approximate surface area is 136 Å². The molecule has 1 aliphatic rings. The number of ether oxygens (including phenoxy) is 2. The summed E-state index contributed by atoms with van der Waals surface area (Å²) in [5.74, 6) is 2.42. The summed E-state index contributed by atoms with van der Waals surface area (Å²) in [6, 6.07) is 4.01. The highest BCUT2D eigenvalue weighted by molar-refractivity contribution is 9.10. The number of methoxy groups -OCH3 is 2. The SMILES string of the molecule is C=C([13CH3])[C@@H]1CCC(C)=C[C@H]1c1c(OC)cc(Br)cc1OC. The predicted octanol–water partition coefficient (Wildman–Crippen LogP) is 5.48. The lowest BCUT2D eigenvalue weighted by atomic mass is 9.75. The molecule has 0 bridgehead atoms. The highest BCUT2D eigenvalue weighted by atomic mass is 79.9. The first kappa shape index (κ1) is 16.2. The minimum absolute atomic E-state index is 0.259. The van der Waals surface area contributed by atoms with Gasteiger partial charge < -0.3 is 9.47 Å². The van der Waals surface area contributed by atoms with Crippen molar-refractivity contribution in [2.24, 2.45) is 5.92 Å². The van der Waals surface area contributed by atoms with Crippen molar-refractivity contribution < 1.29 is 9.47 Å². The number of hydrogen-bond donors (Lipinski definition) is 0. The van der Waals surface area contributed by atoms with Crippen LogP contribution in [0.4, 0.5) is 0 Å². The minimum atomic E-state index is 0.259. The van der Waals surface area contributed by atoms with Crippen LogP contribution in [0, 0.1) is 5.92 Å². The molecule has 0 aromatic heterocycles. The van der Waals surface area contributed by atoms with E-state index >= 15 is 0 Å². The summed E-state index contributed by atoms with van der Waals surface area (Å²) >= 11 is 3.52. The van der Waals surface area contributed by atoms with Crippen LogP contribution in [0.15, 0.2) is 40.4 Å². The summed E-state index contributed by atoms with van der Waals surface area (Å²) in [6.45, 7) is 8.50.